The predicted molar refractivity (Wildman–Crippen MR) is 113 cm³/mol. The van der Waals surface area contributed by atoms with Gasteiger partial charge in [-0.05, 0) is 30.5 Å². The third-order valence-corrected chi connectivity index (χ3v) is 4.38. The maximum absolute atomic E-state index is 13.2. The first-order valence-corrected chi connectivity index (χ1v) is 9.94. The highest BCUT2D eigenvalue weighted by Gasteiger charge is 2.20. The fraction of sp³-hybridized carbons (Fsp3) is 0.476. The Labute approximate surface area is 174 Å². The summed E-state index contributed by atoms with van der Waals surface area (Å²) in [7, 11) is 0. The summed E-state index contributed by atoms with van der Waals surface area (Å²) in [6.07, 6.45) is 0.518. The number of carboxylic acid groups (broad SMARTS) is 1. The number of nitrogens with zero attached hydrogens (tertiary/aromatic N) is 1. The molecule has 0 unspecified atom stereocenters. The normalized spacial score (nSPS) is 10.9. The zero-order valence-electron chi connectivity index (χ0n) is 17.6. The summed E-state index contributed by atoms with van der Waals surface area (Å²) in [5.41, 5.74) is 5.35. The molecule has 0 radical (unpaired) electrons. The highest BCUT2D eigenvalue weighted by Crippen LogP contribution is 2.31. The zero-order chi connectivity index (χ0) is 22.3. The van der Waals surface area contributed by atoms with Crippen LogP contribution in [0.25, 0.3) is 10.8 Å². The van der Waals surface area contributed by atoms with E-state index in [1.165, 1.54) is 0 Å². The quantitative estimate of drug-likeness (QED) is 0.479. The van der Waals surface area contributed by atoms with Gasteiger partial charge >= 0.3 is 6.09 Å². The Kier molecular flexibility index (Phi) is 8.08. The molecule has 1 heterocycles. The van der Waals surface area contributed by atoms with E-state index in [1.807, 2.05) is 20.8 Å². The second kappa shape index (κ2) is 10.5. The number of unbranched alkanes of at least 4 members (excludes halogenated alkanes) is 1. The number of hydrogen-bond donors (Lipinski definition) is 3. The number of nitrogens with two attached hydrogens (primary N) is 1. The molecule has 1 aromatic heterocycles. The van der Waals surface area contributed by atoms with Gasteiger partial charge in [0, 0.05) is 11.9 Å². The Morgan fingerprint density at radius 2 is 1.97 bits per heavy atom. The molecule has 9 heteroatoms. The number of benzene rings is 1. The van der Waals surface area contributed by atoms with Gasteiger partial charge in [-0.2, -0.15) is 0 Å². The summed E-state index contributed by atoms with van der Waals surface area (Å²) in [6, 6.07) is 4.83. The van der Waals surface area contributed by atoms with E-state index in [-0.39, 0.29) is 24.6 Å². The second-order valence-electron chi connectivity index (χ2n) is 7.41. The summed E-state index contributed by atoms with van der Waals surface area (Å²) in [4.78, 5) is 35.4. The molecule has 0 saturated heterocycles. The minimum absolute atomic E-state index is 0.0823. The van der Waals surface area contributed by atoms with Crippen LogP contribution in [0.15, 0.2) is 23.0 Å². The topological polar surface area (TPSA) is 133 Å². The van der Waals surface area contributed by atoms with Crippen LogP contribution in [0, 0.1) is 5.92 Å². The number of hydrogen-bond acceptors (Lipinski definition) is 5. The number of nitrogens with one attached hydrogen (secondary N) is 1. The van der Waals surface area contributed by atoms with Crippen molar-refractivity contribution < 1.29 is 24.2 Å². The zero-order valence-corrected chi connectivity index (χ0v) is 17.6. The van der Waals surface area contributed by atoms with E-state index in [2.05, 4.69) is 5.32 Å². The van der Waals surface area contributed by atoms with Gasteiger partial charge in [-0.15, -0.1) is 0 Å². The summed E-state index contributed by atoms with van der Waals surface area (Å²) >= 11 is 0. The van der Waals surface area contributed by atoms with Crippen molar-refractivity contribution in [3.8, 4) is 11.5 Å². The lowest BCUT2D eigenvalue weighted by molar-refractivity contribution is -0.119. The van der Waals surface area contributed by atoms with Gasteiger partial charge in [0.25, 0.3) is 11.5 Å². The molecule has 0 atom stereocenters. The van der Waals surface area contributed by atoms with E-state index in [9.17, 15) is 14.4 Å². The van der Waals surface area contributed by atoms with Crippen LogP contribution in [0.5, 0.6) is 11.5 Å². The molecule has 0 aliphatic rings. The number of primary amides is 1. The van der Waals surface area contributed by atoms with Crippen molar-refractivity contribution in [2.75, 3.05) is 13.2 Å². The standard InChI is InChI=1S/C21H29N3O6/c1-4-5-8-29-19-16-9-14(30-12-18(22)25)6-7-15(16)20(26)24(11-13(2)3)17(19)10-23-21(27)28/h6-7,9,13,23H,4-5,8,10-12H2,1-3H3,(H2,22,25)(H,27,28). The van der Waals surface area contributed by atoms with Gasteiger partial charge in [0.15, 0.2) is 6.61 Å². The van der Waals surface area contributed by atoms with Crippen molar-refractivity contribution in [2.24, 2.45) is 11.7 Å². The van der Waals surface area contributed by atoms with Crippen LogP contribution in [0.1, 0.15) is 39.3 Å². The van der Waals surface area contributed by atoms with Crippen LogP contribution >= 0.6 is 0 Å². The van der Waals surface area contributed by atoms with Gasteiger partial charge < -0.3 is 30.2 Å². The van der Waals surface area contributed by atoms with E-state index >= 15 is 0 Å². The summed E-state index contributed by atoms with van der Waals surface area (Å²) in [6.45, 7) is 6.43. The summed E-state index contributed by atoms with van der Waals surface area (Å²) in [5, 5.41) is 12.4. The average Bonchev–Trinajstić information content (AvgIpc) is 2.68. The molecule has 2 rings (SSSR count). The van der Waals surface area contributed by atoms with Crippen LogP contribution in [-0.4, -0.2) is 34.9 Å². The van der Waals surface area contributed by atoms with Crippen molar-refractivity contribution in [1.82, 2.24) is 9.88 Å². The lowest BCUT2D eigenvalue weighted by Crippen LogP contribution is -2.31. The Morgan fingerprint density at radius 3 is 2.57 bits per heavy atom. The minimum Gasteiger partial charge on any atom is -0.491 e. The molecule has 0 saturated carbocycles. The van der Waals surface area contributed by atoms with Gasteiger partial charge in [-0.3, -0.25) is 9.59 Å². The fourth-order valence-corrected chi connectivity index (χ4v) is 3.06. The Balaban J connectivity index is 2.70. The van der Waals surface area contributed by atoms with E-state index < -0.39 is 12.0 Å². The van der Waals surface area contributed by atoms with Gasteiger partial charge in [0.1, 0.15) is 11.5 Å². The molecule has 9 nitrogen and oxygen atoms in total. The smallest absolute Gasteiger partial charge is 0.404 e. The molecule has 164 valence electrons. The van der Waals surface area contributed by atoms with Crippen molar-refractivity contribution in [3.63, 3.8) is 0 Å². The van der Waals surface area contributed by atoms with Crippen molar-refractivity contribution >= 4 is 22.8 Å². The molecular weight excluding hydrogens is 390 g/mol. The summed E-state index contributed by atoms with van der Waals surface area (Å²) in [5.74, 6) is 0.329. The number of amides is 2. The Morgan fingerprint density at radius 1 is 1.23 bits per heavy atom. The fourth-order valence-electron chi connectivity index (χ4n) is 3.06. The molecule has 2 aromatic rings. The average molecular weight is 419 g/mol. The minimum atomic E-state index is -1.20. The number of ether oxygens (including phenoxy) is 2. The molecule has 1 aromatic carbocycles. The summed E-state index contributed by atoms with van der Waals surface area (Å²) < 4.78 is 13.0. The molecule has 30 heavy (non-hydrogen) atoms. The van der Waals surface area contributed by atoms with E-state index in [0.29, 0.717) is 41.1 Å². The third kappa shape index (κ3) is 5.88. The first-order chi connectivity index (χ1) is 14.2. The number of rotatable bonds is 11. The number of aromatic nitrogens is 1. The highest BCUT2D eigenvalue weighted by atomic mass is 16.5. The van der Waals surface area contributed by atoms with Crippen molar-refractivity contribution in [3.05, 3.63) is 34.2 Å². The van der Waals surface area contributed by atoms with E-state index in [0.717, 1.165) is 12.8 Å². The van der Waals surface area contributed by atoms with Crippen LogP contribution in [0.4, 0.5) is 4.79 Å². The monoisotopic (exact) mass is 419 g/mol. The van der Waals surface area contributed by atoms with Crippen LogP contribution in [-0.2, 0) is 17.9 Å². The lowest BCUT2D eigenvalue weighted by Gasteiger charge is -2.21. The molecule has 0 aliphatic carbocycles. The van der Waals surface area contributed by atoms with E-state index in [4.69, 9.17) is 20.3 Å². The molecule has 0 spiro atoms. The predicted octanol–water partition coefficient (Wildman–Crippen LogP) is 2.47. The first-order valence-electron chi connectivity index (χ1n) is 9.94. The Hall–Kier alpha value is -3.23. The van der Waals surface area contributed by atoms with Gasteiger partial charge in [-0.1, -0.05) is 27.2 Å². The molecule has 0 bridgehead atoms. The number of fused-ring (bicyclic) bond motifs is 1. The number of carbonyl (C=O) groups is 2. The molecule has 0 aliphatic heterocycles. The third-order valence-electron chi connectivity index (χ3n) is 4.38. The van der Waals surface area contributed by atoms with Crippen LogP contribution < -0.4 is 26.1 Å². The molecular formula is C21H29N3O6. The van der Waals surface area contributed by atoms with Gasteiger partial charge in [-0.25, -0.2) is 4.79 Å². The number of carbonyl (C=O) groups excluding carboxylic acids is 1. The van der Waals surface area contributed by atoms with Crippen molar-refractivity contribution in [1.29, 1.82) is 0 Å². The largest absolute Gasteiger partial charge is 0.491 e. The van der Waals surface area contributed by atoms with E-state index in [1.54, 1.807) is 22.8 Å². The highest BCUT2D eigenvalue weighted by molar-refractivity contribution is 5.90. The second-order valence-corrected chi connectivity index (χ2v) is 7.41. The molecule has 2 amide bonds. The maximum atomic E-state index is 13.2. The van der Waals surface area contributed by atoms with Crippen molar-refractivity contribution in [2.45, 2.75) is 46.7 Å². The molecule has 0 fully saturated rings. The first kappa shape index (κ1) is 23.1. The molecule has 4 N–H and O–H groups in total. The lowest BCUT2D eigenvalue weighted by atomic mass is 10.1. The SMILES string of the molecule is CCCCOc1c(CNC(=O)O)n(CC(C)C)c(=O)c2ccc(OCC(N)=O)cc12. The van der Waals surface area contributed by atoms with Gasteiger partial charge in [0.05, 0.1) is 24.2 Å². The van der Waals surface area contributed by atoms with Crippen LogP contribution in [0.3, 0.4) is 0 Å². The van der Waals surface area contributed by atoms with Gasteiger partial charge in [0.2, 0.25) is 0 Å². The Bertz CT molecular complexity index is 967. The maximum Gasteiger partial charge on any atom is 0.404 e. The number of pyridine rings is 1. The van der Waals surface area contributed by atoms with Crippen LogP contribution in [0.2, 0.25) is 0 Å².